The van der Waals surface area contributed by atoms with Crippen LogP contribution in [0.2, 0.25) is 0 Å². The van der Waals surface area contributed by atoms with E-state index in [0.717, 1.165) is 46.6 Å². The number of aromatic nitrogens is 3. The lowest BCUT2D eigenvalue weighted by atomic mass is 9.94. The summed E-state index contributed by atoms with van der Waals surface area (Å²) < 4.78 is 0. The van der Waals surface area contributed by atoms with Gasteiger partial charge in [0.15, 0.2) is 0 Å². The second kappa shape index (κ2) is 7.08. The van der Waals surface area contributed by atoms with Crippen LogP contribution in [-0.4, -0.2) is 41.1 Å². The van der Waals surface area contributed by atoms with Crippen molar-refractivity contribution in [2.24, 2.45) is 23.7 Å². The Bertz CT molecular complexity index is 786. The largest absolute Gasteiger partial charge is 0.356 e. The highest BCUT2D eigenvalue weighted by Gasteiger charge is 2.42. The first-order valence-corrected chi connectivity index (χ1v) is 10.9. The number of nitrogens with one attached hydrogen (secondary N) is 2. The summed E-state index contributed by atoms with van der Waals surface area (Å²) in [5, 5.41) is 4.54. The molecule has 6 rings (SSSR count). The molecule has 5 nitrogen and oxygen atoms in total. The van der Waals surface area contributed by atoms with Gasteiger partial charge in [-0.25, -0.2) is 9.97 Å². The number of H-pyrrole nitrogens is 1. The number of nitrogens with zero attached hydrogens (tertiary/aromatic N) is 3. The minimum absolute atomic E-state index is 0.678. The molecule has 4 fully saturated rings. The molecule has 4 aliphatic carbocycles. The molecule has 4 bridgehead atoms. The lowest BCUT2D eigenvalue weighted by Gasteiger charge is -2.32. The van der Waals surface area contributed by atoms with Gasteiger partial charge in [0.1, 0.15) is 17.8 Å². The lowest BCUT2D eigenvalue weighted by Crippen LogP contribution is -2.36. The smallest absolute Gasteiger partial charge is 0.142 e. The Morgan fingerprint density at radius 1 is 1.00 bits per heavy atom. The highest BCUT2D eigenvalue weighted by molar-refractivity contribution is 5.87. The summed E-state index contributed by atoms with van der Waals surface area (Å²) in [4.78, 5) is 14.3. The lowest BCUT2D eigenvalue weighted by molar-refractivity contribution is 0.372. The Morgan fingerprint density at radius 3 is 2.37 bits per heavy atom. The van der Waals surface area contributed by atoms with Crippen LogP contribution >= 0.6 is 0 Å². The number of aromatic amines is 1. The number of hydrogen-bond donors (Lipinski definition) is 2. The van der Waals surface area contributed by atoms with Crippen molar-refractivity contribution >= 4 is 16.9 Å². The molecule has 0 amide bonds. The van der Waals surface area contributed by atoms with Crippen molar-refractivity contribution < 1.29 is 0 Å². The average Bonchev–Trinajstić information content (AvgIpc) is 3.52. The van der Waals surface area contributed by atoms with Crippen molar-refractivity contribution in [3.8, 4) is 0 Å². The zero-order chi connectivity index (χ0) is 18.4. The van der Waals surface area contributed by atoms with Crippen LogP contribution < -0.4 is 10.2 Å². The second-order valence-corrected chi connectivity index (χ2v) is 9.36. The van der Waals surface area contributed by atoms with Crippen molar-refractivity contribution in [3.05, 3.63) is 18.6 Å². The van der Waals surface area contributed by atoms with Gasteiger partial charge < -0.3 is 15.2 Å². The molecule has 4 saturated carbocycles. The molecular weight excluding hydrogens is 334 g/mol. The average molecular weight is 368 g/mol. The van der Waals surface area contributed by atoms with Crippen molar-refractivity contribution in [1.29, 1.82) is 0 Å². The normalized spacial score (nSPS) is 36.2. The van der Waals surface area contributed by atoms with Gasteiger partial charge in [0.2, 0.25) is 0 Å². The molecule has 0 radical (unpaired) electrons. The molecule has 6 unspecified atom stereocenters. The minimum Gasteiger partial charge on any atom is -0.356 e. The molecule has 0 aliphatic heterocycles. The van der Waals surface area contributed by atoms with Gasteiger partial charge in [-0.15, -0.1) is 0 Å². The Morgan fingerprint density at radius 2 is 1.78 bits per heavy atom. The zero-order valence-corrected chi connectivity index (χ0v) is 16.7. The summed E-state index contributed by atoms with van der Waals surface area (Å²) in [6, 6.07) is 3.63. The summed E-state index contributed by atoms with van der Waals surface area (Å²) >= 11 is 0. The van der Waals surface area contributed by atoms with E-state index in [1.54, 1.807) is 6.33 Å². The number of rotatable bonds is 3. The highest BCUT2D eigenvalue weighted by Crippen LogP contribution is 2.47. The van der Waals surface area contributed by atoms with Gasteiger partial charge in [-0.1, -0.05) is 12.8 Å². The SMILES string of the molecule is CN(c1ncnc2[nH]ccc12)C1CC2CCC1C2.CNC1CC2CCC1C2. The number of anilines is 1. The van der Waals surface area contributed by atoms with Crippen LogP contribution in [0.3, 0.4) is 0 Å². The quantitative estimate of drug-likeness (QED) is 0.862. The second-order valence-electron chi connectivity index (χ2n) is 9.36. The minimum atomic E-state index is 0.678. The van der Waals surface area contributed by atoms with Crippen molar-refractivity contribution in [2.45, 2.75) is 63.5 Å². The fourth-order valence-corrected chi connectivity index (χ4v) is 6.58. The number of hydrogen-bond acceptors (Lipinski definition) is 4. The summed E-state index contributed by atoms with van der Waals surface area (Å²) in [6.07, 6.45) is 15.2. The first-order chi connectivity index (χ1) is 13.2. The van der Waals surface area contributed by atoms with E-state index >= 15 is 0 Å². The van der Waals surface area contributed by atoms with Crippen LogP contribution in [0.25, 0.3) is 11.0 Å². The maximum absolute atomic E-state index is 4.50. The van der Waals surface area contributed by atoms with Gasteiger partial charge in [0.25, 0.3) is 0 Å². The van der Waals surface area contributed by atoms with Crippen LogP contribution in [0.15, 0.2) is 18.6 Å². The first-order valence-electron chi connectivity index (χ1n) is 10.9. The maximum Gasteiger partial charge on any atom is 0.142 e. The van der Waals surface area contributed by atoms with Gasteiger partial charge >= 0.3 is 0 Å². The standard InChI is InChI=1S/C14H18N4.C8H15N/c1-18(12-7-9-2-3-10(12)6-9)14-11-4-5-15-13(11)16-8-17-14;1-9-8-5-6-2-3-7(8)4-6/h4-5,8-10,12H,2-3,6-7H2,1H3,(H,15,16,17);6-9H,2-5H2,1H3. The summed E-state index contributed by atoms with van der Waals surface area (Å²) in [7, 11) is 4.30. The van der Waals surface area contributed by atoms with Gasteiger partial charge in [-0.3, -0.25) is 0 Å². The van der Waals surface area contributed by atoms with Crippen LogP contribution in [0.5, 0.6) is 0 Å². The van der Waals surface area contributed by atoms with Crippen LogP contribution in [-0.2, 0) is 0 Å². The van der Waals surface area contributed by atoms with E-state index in [-0.39, 0.29) is 0 Å². The summed E-state index contributed by atoms with van der Waals surface area (Å²) in [5.74, 6) is 5.06. The van der Waals surface area contributed by atoms with Crippen LogP contribution in [0.4, 0.5) is 5.82 Å². The van der Waals surface area contributed by atoms with E-state index in [9.17, 15) is 0 Å². The Hall–Kier alpha value is -1.62. The maximum atomic E-state index is 4.50. The molecule has 2 aromatic rings. The third-order valence-electron chi connectivity index (χ3n) is 7.97. The van der Waals surface area contributed by atoms with Gasteiger partial charge in [0, 0.05) is 25.3 Å². The molecule has 0 saturated heterocycles. The molecule has 2 heterocycles. The van der Waals surface area contributed by atoms with E-state index in [2.05, 4.69) is 45.3 Å². The molecule has 4 aliphatic rings. The van der Waals surface area contributed by atoms with Crippen LogP contribution in [0.1, 0.15) is 51.4 Å². The Balaban J connectivity index is 0.000000149. The van der Waals surface area contributed by atoms with E-state index < -0.39 is 0 Å². The predicted octanol–water partition coefficient (Wildman–Crippen LogP) is 3.98. The summed E-state index contributed by atoms with van der Waals surface area (Å²) in [5.41, 5.74) is 0.940. The topological polar surface area (TPSA) is 56.8 Å². The molecule has 5 heteroatoms. The third-order valence-corrected chi connectivity index (χ3v) is 7.97. The van der Waals surface area contributed by atoms with Crippen LogP contribution in [0, 0.1) is 23.7 Å². The molecule has 0 aromatic carbocycles. The fraction of sp³-hybridized carbons (Fsp3) is 0.727. The highest BCUT2D eigenvalue weighted by atomic mass is 15.2. The van der Waals surface area contributed by atoms with E-state index in [1.807, 2.05) is 6.20 Å². The molecule has 27 heavy (non-hydrogen) atoms. The monoisotopic (exact) mass is 367 g/mol. The summed E-state index contributed by atoms with van der Waals surface area (Å²) in [6.45, 7) is 0. The molecule has 6 atom stereocenters. The number of fused-ring (bicyclic) bond motifs is 5. The Kier molecular flexibility index (Phi) is 4.58. The first kappa shape index (κ1) is 17.5. The zero-order valence-electron chi connectivity index (χ0n) is 16.7. The molecule has 0 spiro atoms. The third kappa shape index (κ3) is 3.14. The van der Waals surface area contributed by atoms with E-state index in [0.29, 0.717) is 6.04 Å². The Labute approximate surface area is 162 Å². The van der Waals surface area contributed by atoms with Gasteiger partial charge in [-0.05, 0) is 75.3 Å². The van der Waals surface area contributed by atoms with E-state index in [4.69, 9.17) is 0 Å². The predicted molar refractivity (Wildman–Crippen MR) is 110 cm³/mol. The molecule has 146 valence electrons. The van der Waals surface area contributed by atoms with E-state index in [1.165, 1.54) is 51.4 Å². The van der Waals surface area contributed by atoms with Crippen molar-refractivity contribution in [2.75, 3.05) is 19.0 Å². The fourth-order valence-electron chi connectivity index (χ4n) is 6.58. The van der Waals surface area contributed by atoms with Crippen molar-refractivity contribution in [1.82, 2.24) is 20.3 Å². The van der Waals surface area contributed by atoms with Crippen molar-refractivity contribution in [3.63, 3.8) is 0 Å². The molecular formula is C22H33N5. The molecule has 2 aromatic heterocycles. The van der Waals surface area contributed by atoms with Gasteiger partial charge in [-0.2, -0.15) is 0 Å². The molecule has 2 N–H and O–H groups in total. The van der Waals surface area contributed by atoms with Gasteiger partial charge in [0.05, 0.1) is 5.39 Å².